The van der Waals surface area contributed by atoms with E-state index in [2.05, 4.69) is 26.0 Å². The summed E-state index contributed by atoms with van der Waals surface area (Å²) in [4.78, 5) is 37.4. The second-order valence-electron chi connectivity index (χ2n) is 24.8. The highest BCUT2D eigenvalue weighted by atomic mass is 16.7. The third-order valence-electron chi connectivity index (χ3n) is 15.8. The molecule has 0 rings (SSSR count). The van der Waals surface area contributed by atoms with Gasteiger partial charge in [-0.05, 0) is 38.5 Å². The van der Waals surface area contributed by atoms with E-state index in [0.29, 0.717) is 23.9 Å². The molecule has 0 saturated heterocycles. The van der Waals surface area contributed by atoms with E-state index in [1.54, 1.807) is 0 Å². The fourth-order valence-corrected chi connectivity index (χ4v) is 10.5. The average molecular weight is 1100 g/mol. The molecule has 0 aliphatic rings. The van der Waals surface area contributed by atoms with E-state index in [-0.39, 0.29) is 32.2 Å². The number of ether oxygens (including phenoxy) is 4. The summed E-state index contributed by atoms with van der Waals surface area (Å²) in [7, 11) is 5.94. The van der Waals surface area contributed by atoms with Crippen molar-refractivity contribution in [1.29, 1.82) is 0 Å². The summed E-state index contributed by atoms with van der Waals surface area (Å²) in [6, 6.07) is 0. The zero-order chi connectivity index (χ0) is 56.9. The second kappa shape index (κ2) is 61.1. The van der Waals surface area contributed by atoms with Gasteiger partial charge in [-0.3, -0.25) is 9.59 Å². The molecule has 0 saturated carbocycles. The Morgan fingerprint density at radius 3 is 0.949 bits per heavy atom. The number of carbonyl (C=O) groups excluding carboxylic acids is 3. The van der Waals surface area contributed by atoms with E-state index in [0.717, 1.165) is 44.9 Å². The fraction of sp³-hybridized carbons (Fsp3) is 0.928. The molecule has 0 fully saturated rings. The molecule has 0 aromatic heterocycles. The molecule has 9 nitrogen and oxygen atoms in total. The van der Waals surface area contributed by atoms with E-state index in [4.69, 9.17) is 18.9 Å². The largest absolute Gasteiger partial charge is 0.545 e. The van der Waals surface area contributed by atoms with Crippen LogP contribution >= 0.6 is 0 Å². The van der Waals surface area contributed by atoms with Gasteiger partial charge in [-0.2, -0.15) is 0 Å². The van der Waals surface area contributed by atoms with E-state index in [1.165, 1.54) is 276 Å². The van der Waals surface area contributed by atoms with Crippen LogP contribution in [0.2, 0.25) is 0 Å². The van der Waals surface area contributed by atoms with Crippen LogP contribution in [0.4, 0.5) is 0 Å². The Bertz CT molecular complexity index is 1280. The molecule has 0 radical (unpaired) electrons. The molecule has 0 aliphatic heterocycles. The molecule has 0 bridgehead atoms. The number of carboxylic acid groups (broad SMARTS) is 1. The van der Waals surface area contributed by atoms with Crippen LogP contribution in [0, 0.1) is 0 Å². The molecule has 0 aliphatic carbocycles. The van der Waals surface area contributed by atoms with E-state index in [9.17, 15) is 19.5 Å². The first-order valence-electron chi connectivity index (χ1n) is 34.3. The van der Waals surface area contributed by atoms with E-state index in [1.807, 2.05) is 21.1 Å². The molecule has 0 aromatic carbocycles. The quantitative estimate of drug-likeness (QED) is 0.0195. The predicted octanol–water partition coefficient (Wildman–Crippen LogP) is 19.5. The summed E-state index contributed by atoms with van der Waals surface area (Å²) >= 11 is 0. The molecule has 0 heterocycles. The van der Waals surface area contributed by atoms with Crippen molar-refractivity contribution in [3.8, 4) is 0 Å². The van der Waals surface area contributed by atoms with Crippen molar-refractivity contribution in [2.75, 3.05) is 47.5 Å². The minimum absolute atomic E-state index is 0.151. The molecule has 0 aromatic rings. The molecule has 78 heavy (non-hydrogen) atoms. The predicted molar refractivity (Wildman–Crippen MR) is 330 cm³/mol. The monoisotopic (exact) mass is 1100 g/mol. The first-order valence-corrected chi connectivity index (χ1v) is 34.3. The Labute approximate surface area is 485 Å². The van der Waals surface area contributed by atoms with Gasteiger partial charge in [-0.25, -0.2) is 0 Å². The van der Waals surface area contributed by atoms with E-state index < -0.39 is 24.3 Å². The van der Waals surface area contributed by atoms with Crippen LogP contribution in [0.25, 0.3) is 0 Å². The summed E-state index contributed by atoms with van der Waals surface area (Å²) < 4.78 is 22.8. The van der Waals surface area contributed by atoms with Gasteiger partial charge in [0.1, 0.15) is 13.2 Å². The topological polar surface area (TPSA) is 111 Å². The molecule has 0 spiro atoms. The Balaban J connectivity index is 3.97. The van der Waals surface area contributed by atoms with Gasteiger partial charge in [-0.1, -0.05) is 315 Å². The smallest absolute Gasteiger partial charge is 0.306 e. The molecule has 2 atom stereocenters. The zero-order valence-corrected chi connectivity index (χ0v) is 52.8. The molecular formula is C69H133NO8. The van der Waals surface area contributed by atoms with Crippen molar-refractivity contribution < 1.29 is 42.9 Å². The number of unbranched alkanes of at least 4 members (excludes halogenated alkanes) is 48. The van der Waals surface area contributed by atoms with Crippen LogP contribution in [0.1, 0.15) is 354 Å². The third kappa shape index (κ3) is 61.6. The lowest BCUT2D eigenvalue weighted by Crippen LogP contribution is -2.44. The first-order chi connectivity index (χ1) is 38.1. The van der Waals surface area contributed by atoms with Gasteiger partial charge in [0.15, 0.2) is 12.4 Å². The van der Waals surface area contributed by atoms with Crippen LogP contribution in [-0.2, 0) is 33.3 Å². The van der Waals surface area contributed by atoms with Gasteiger partial charge in [0, 0.05) is 12.8 Å². The number of carboxylic acids is 1. The van der Waals surface area contributed by atoms with Gasteiger partial charge in [0.25, 0.3) is 0 Å². The summed E-state index contributed by atoms with van der Waals surface area (Å²) in [5.74, 6) is -2.26. The van der Waals surface area contributed by atoms with Gasteiger partial charge < -0.3 is 33.3 Å². The molecule has 2 unspecified atom stereocenters. The number of hydrogen-bond donors (Lipinski definition) is 0. The normalized spacial score (nSPS) is 12.7. The minimum Gasteiger partial charge on any atom is -0.545 e. The van der Waals surface area contributed by atoms with Crippen LogP contribution in [0.15, 0.2) is 12.2 Å². The average Bonchev–Trinajstić information content (AvgIpc) is 3.41. The number of nitrogens with zero attached hydrogens (tertiary/aromatic N) is 1. The first kappa shape index (κ1) is 76.0. The van der Waals surface area contributed by atoms with Crippen molar-refractivity contribution in [1.82, 2.24) is 0 Å². The van der Waals surface area contributed by atoms with Crippen molar-refractivity contribution >= 4 is 17.9 Å². The lowest BCUT2D eigenvalue weighted by Gasteiger charge is -2.26. The number of likely N-dealkylation sites (N-methyl/N-ethyl adjacent to an activating group) is 1. The summed E-state index contributed by atoms with van der Waals surface area (Å²) in [5.41, 5.74) is 0. The Morgan fingerprint density at radius 2 is 0.654 bits per heavy atom. The third-order valence-corrected chi connectivity index (χ3v) is 15.8. The second-order valence-corrected chi connectivity index (χ2v) is 24.8. The number of aliphatic carboxylic acids is 1. The van der Waals surface area contributed by atoms with Gasteiger partial charge in [0.05, 0.1) is 40.3 Å². The number of allylic oxidation sites excluding steroid dienone is 2. The van der Waals surface area contributed by atoms with Gasteiger partial charge >= 0.3 is 11.9 Å². The van der Waals surface area contributed by atoms with Crippen molar-refractivity contribution in [2.45, 2.75) is 367 Å². The number of hydrogen-bond acceptors (Lipinski definition) is 8. The Hall–Kier alpha value is -1.97. The summed E-state index contributed by atoms with van der Waals surface area (Å²) in [5, 5.41) is 11.8. The van der Waals surface area contributed by atoms with E-state index >= 15 is 0 Å². The zero-order valence-electron chi connectivity index (χ0n) is 52.8. The maximum absolute atomic E-state index is 12.9. The molecule has 462 valence electrons. The highest BCUT2D eigenvalue weighted by Crippen LogP contribution is 2.19. The highest BCUT2D eigenvalue weighted by molar-refractivity contribution is 5.70. The Kier molecular flexibility index (Phi) is 59.6. The summed E-state index contributed by atoms with van der Waals surface area (Å²) in [6.07, 6.45) is 70.2. The number of rotatable bonds is 65. The lowest BCUT2D eigenvalue weighted by molar-refractivity contribution is -0.870. The number of quaternary nitrogens is 1. The van der Waals surface area contributed by atoms with Gasteiger partial charge in [0.2, 0.25) is 0 Å². The van der Waals surface area contributed by atoms with Crippen molar-refractivity contribution in [2.24, 2.45) is 0 Å². The van der Waals surface area contributed by atoms with Crippen LogP contribution in [0.5, 0.6) is 0 Å². The Morgan fingerprint density at radius 1 is 0.372 bits per heavy atom. The van der Waals surface area contributed by atoms with Crippen molar-refractivity contribution in [3.05, 3.63) is 12.2 Å². The SMILES string of the molecule is CCCCCCCCC/C=C\CCCCCCCCCC(=O)OC(COC(=O)CCCCCCCCCCCCCCCCCCCCCCCCCCCCCCCCCCCCC)COC(OCC[N+](C)(C)C)C(=O)[O-]. The molecule has 9 heteroatoms. The minimum atomic E-state index is -1.62. The maximum Gasteiger partial charge on any atom is 0.306 e. The van der Waals surface area contributed by atoms with Crippen molar-refractivity contribution in [3.63, 3.8) is 0 Å². The van der Waals surface area contributed by atoms with Crippen LogP contribution < -0.4 is 5.11 Å². The van der Waals surface area contributed by atoms with Gasteiger partial charge in [-0.15, -0.1) is 0 Å². The molecule has 0 N–H and O–H groups in total. The molecular weight excluding hydrogens is 971 g/mol. The summed E-state index contributed by atoms with van der Waals surface area (Å²) in [6.45, 7) is 4.81. The van der Waals surface area contributed by atoms with Crippen LogP contribution in [0.3, 0.4) is 0 Å². The standard InChI is InChI=1S/C69H133NO8/c1-6-8-10-12-14-16-18-20-22-24-26-27-28-29-30-31-32-33-34-35-36-37-38-39-40-41-42-44-45-47-49-51-53-55-57-59-66(71)76-63-65(64-77-69(68(73)74)75-62-61-70(3,4)5)78-67(72)60-58-56-54-52-50-48-46-43-25-23-21-19-17-15-13-11-9-7-2/h23,25,65,69H,6-22,24,26-64H2,1-5H3/b25-23-. The number of esters is 2. The molecule has 0 amide bonds. The highest BCUT2D eigenvalue weighted by Gasteiger charge is 2.22. The fourth-order valence-electron chi connectivity index (χ4n) is 10.5. The lowest BCUT2D eigenvalue weighted by atomic mass is 10.0. The number of carbonyl (C=O) groups is 3. The van der Waals surface area contributed by atoms with Crippen LogP contribution in [-0.4, -0.2) is 82.3 Å². The maximum atomic E-state index is 12.9.